The lowest BCUT2D eigenvalue weighted by molar-refractivity contribution is 0.0613. The highest BCUT2D eigenvalue weighted by Gasteiger charge is 2.33. The Morgan fingerprint density at radius 2 is 2.06 bits per heavy atom. The number of hydrogen-bond acceptors (Lipinski definition) is 3. The minimum atomic E-state index is 0.0503. The lowest BCUT2D eigenvalue weighted by Gasteiger charge is -2.45. The first-order valence-corrected chi connectivity index (χ1v) is 6.69. The van der Waals surface area contributed by atoms with Gasteiger partial charge < -0.3 is 10.4 Å². The predicted molar refractivity (Wildman–Crippen MR) is 74.5 cm³/mol. The lowest BCUT2D eigenvalue weighted by Crippen LogP contribution is -2.63. The van der Waals surface area contributed by atoms with Gasteiger partial charge in [-0.15, -0.1) is 0 Å². The van der Waals surface area contributed by atoms with Crippen LogP contribution in [-0.2, 0) is 0 Å². The molecule has 0 amide bonds. The van der Waals surface area contributed by atoms with Crippen LogP contribution in [0.4, 0.5) is 0 Å². The van der Waals surface area contributed by atoms with Crippen LogP contribution in [0, 0.1) is 0 Å². The van der Waals surface area contributed by atoms with E-state index in [4.69, 9.17) is 0 Å². The molecule has 1 fully saturated rings. The van der Waals surface area contributed by atoms with E-state index in [0.717, 1.165) is 13.1 Å². The minimum absolute atomic E-state index is 0.0503. The van der Waals surface area contributed by atoms with E-state index in [1.165, 1.54) is 5.56 Å². The van der Waals surface area contributed by atoms with Crippen molar-refractivity contribution in [3.8, 4) is 0 Å². The summed E-state index contributed by atoms with van der Waals surface area (Å²) in [7, 11) is 0. The summed E-state index contributed by atoms with van der Waals surface area (Å²) in [4.78, 5) is 2.45. The molecule has 1 aromatic rings. The van der Waals surface area contributed by atoms with Gasteiger partial charge in [-0.3, -0.25) is 4.90 Å². The second kappa shape index (κ2) is 5.39. The molecule has 2 rings (SSSR count). The summed E-state index contributed by atoms with van der Waals surface area (Å²) >= 11 is 0. The summed E-state index contributed by atoms with van der Waals surface area (Å²) < 4.78 is 0. The van der Waals surface area contributed by atoms with Crippen molar-refractivity contribution in [3.63, 3.8) is 0 Å². The minimum Gasteiger partial charge on any atom is -0.395 e. The Morgan fingerprint density at radius 1 is 1.39 bits per heavy atom. The van der Waals surface area contributed by atoms with Crippen molar-refractivity contribution in [2.75, 3.05) is 19.7 Å². The molecule has 100 valence electrons. The van der Waals surface area contributed by atoms with Crippen LogP contribution in [0.5, 0.6) is 0 Å². The van der Waals surface area contributed by atoms with Crippen LogP contribution in [0.15, 0.2) is 30.3 Å². The first-order valence-electron chi connectivity index (χ1n) is 6.69. The number of rotatable bonds is 3. The summed E-state index contributed by atoms with van der Waals surface area (Å²) in [5.41, 5.74) is 1.39. The molecule has 3 heteroatoms. The molecule has 0 aliphatic carbocycles. The van der Waals surface area contributed by atoms with Gasteiger partial charge in [0.15, 0.2) is 0 Å². The first-order chi connectivity index (χ1) is 8.52. The van der Waals surface area contributed by atoms with E-state index in [2.05, 4.69) is 61.3 Å². The van der Waals surface area contributed by atoms with Crippen molar-refractivity contribution in [1.82, 2.24) is 10.2 Å². The fourth-order valence-corrected chi connectivity index (χ4v) is 2.84. The topological polar surface area (TPSA) is 35.5 Å². The molecule has 1 aromatic carbocycles. The highest BCUT2D eigenvalue weighted by molar-refractivity contribution is 5.19. The molecule has 1 heterocycles. The first kappa shape index (κ1) is 13.5. The Labute approximate surface area is 110 Å². The van der Waals surface area contributed by atoms with E-state index in [1.807, 2.05) is 0 Å². The predicted octanol–water partition coefficient (Wildman–Crippen LogP) is 1.79. The van der Waals surface area contributed by atoms with Crippen LogP contribution in [0.2, 0.25) is 0 Å². The Bertz CT molecular complexity index is 377. The quantitative estimate of drug-likeness (QED) is 0.856. The number of nitrogens with zero attached hydrogens (tertiary/aromatic N) is 1. The van der Waals surface area contributed by atoms with Crippen molar-refractivity contribution in [2.45, 2.75) is 38.4 Å². The second-order valence-corrected chi connectivity index (χ2v) is 5.92. The number of piperazine rings is 1. The molecule has 2 unspecified atom stereocenters. The molecule has 0 saturated carbocycles. The summed E-state index contributed by atoms with van der Waals surface area (Å²) in [6.45, 7) is 8.72. The molecule has 0 bridgehead atoms. The van der Waals surface area contributed by atoms with Gasteiger partial charge in [-0.25, -0.2) is 0 Å². The Morgan fingerprint density at radius 3 is 2.67 bits per heavy atom. The molecule has 0 aromatic heterocycles. The molecule has 1 aliphatic rings. The number of aliphatic hydroxyl groups excluding tert-OH is 1. The maximum atomic E-state index is 9.40. The van der Waals surface area contributed by atoms with E-state index in [-0.39, 0.29) is 18.2 Å². The average Bonchev–Trinajstić information content (AvgIpc) is 2.37. The summed E-state index contributed by atoms with van der Waals surface area (Å²) in [5.74, 6) is 0. The highest BCUT2D eigenvalue weighted by atomic mass is 16.3. The van der Waals surface area contributed by atoms with Crippen molar-refractivity contribution in [2.24, 2.45) is 0 Å². The Balaban J connectivity index is 2.12. The third-order valence-corrected chi connectivity index (χ3v) is 3.70. The van der Waals surface area contributed by atoms with E-state index >= 15 is 0 Å². The number of aliphatic hydroxyl groups is 1. The molecular weight excluding hydrogens is 224 g/mol. The number of benzene rings is 1. The number of nitrogens with one attached hydrogen (secondary N) is 1. The molecule has 0 radical (unpaired) electrons. The van der Waals surface area contributed by atoms with E-state index in [9.17, 15) is 5.11 Å². The van der Waals surface area contributed by atoms with Crippen LogP contribution in [0.3, 0.4) is 0 Å². The molecular formula is C15H24N2O. The van der Waals surface area contributed by atoms with Crippen LogP contribution in [0.1, 0.15) is 32.4 Å². The standard InChI is InChI=1S/C15H24N2O/c1-12(13-7-5-4-6-8-13)17-9-14(10-18)16-15(2,3)11-17/h4-8,12,14,16,18H,9-11H2,1-3H3. The van der Waals surface area contributed by atoms with Gasteiger partial charge in [-0.05, 0) is 26.3 Å². The molecule has 18 heavy (non-hydrogen) atoms. The van der Waals surface area contributed by atoms with Crippen LogP contribution >= 0.6 is 0 Å². The van der Waals surface area contributed by atoms with Gasteiger partial charge in [-0.2, -0.15) is 0 Å². The lowest BCUT2D eigenvalue weighted by atomic mass is 9.95. The van der Waals surface area contributed by atoms with Gasteiger partial charge >= 0.3 is 0 Å². The zero-order valence-corrected chi connectivity index (χ0v) is 11.6. The normalized spacial score (nSPS) is 25.9. The maximum absolute atomic E-state index is 9.40. The molecule has 2 atom stereocenters. The fourth-order valence-electron chi connectivity index (χ4n) is 2.84. The van der Waals surface area contributed by atoms with Crippen molar-refractivity contribution >= 4 is 0 Å². The van der Waals surface area contributed by atoms with Crippen molar-refractivity contribution < 1.29 is 5.11 Å². The summed E-state index contributed by atoms with van der Waals surface area (Å²) in [5, 5.41) is 12.9. The van der Waals surface area contributed by atoms with Gasteiger partial charge in [0.2, 0.25) is 0 Å². The van der Waals surface area contributed by atoms with E-state index in [1.54, 1.807) is 0 Å². The Kier molecular flexibility index (Phi) is 4.05. The zero-order valence-electron chi connectivity index (χ0n) is 11.6. The third-order valence-electron chi connectivity index (χ3n) is 3.70. The van der Waals surface area contributed by atoms with Crippen LogP contribution in [0.25, 0.3) is 0 Å². The van der Waals surface area contributed by atoms with Crippen molar-refractivity contribution in [1.29, 1.82) is 0 Å². The molecule has 1 saturated heterocycles. The van der Waals surface area contributed by atoms with E-state index in [0.29, 0.717) is 6.04 Å². The SMILES string of the molecule is CC(c1ccccc1)N1CC(CO)NC(C)(C)C1. The molecule has 2 N–H and O–H groups in total. The smallest absolute Gasteiger partial charge is 0.0597 e. The third kappa shape index (κ3) is 3.10. The van der Waals surface area contributed by atoms with Gasteiger partial charge in [0, 0.05) is 30.7 Å². The molecule has 3 nitrogen and oxygen atoms in total. The van der Waals surface area contributed by atoms with Gasteiger partial charge in [0.1, 0.15) is 0 Å². The van der Waals surface area contributed by atoms with Gasteiger partial charge in [0.05, 0.1) is 6.61 Å². The maximum Gasteiger partial charge on any atom is 0.0597 e. The zero-order chi connectivity index (χ0) is 13.2. The highest BCUT2D eigenvalue weighted by Crippen LogP contribution is 2.25. The second-order valence-electron chi connectivity index (χ2n) is 5.92. The van der Waals surface area contributed by atoms with Crippen LogP contribution in [-0.4, -0.2) is 41.3 Å². The van der Waals surface area contributed by atoms with E-state index < -0.39 is 0 Å². The number of hydrogen-bond donors (Lipinski definition) is 2. The summed E-state index contributed by atoms with van der Waals surface area (Å²) in [6.07, 6.45) is 0. The van der Waals surface area contributed by atoms with Gasteiger partial charge in [-0.1, -0.05) is 30.3 Å². The fraction of sp³-hybridized carbons (Fsp3) is 0.600. The molecule has 0 spiro atoms. The van der Waals surface area contributed by atoms with Crippen molar-refractivity contribution in [3.05, 3.63) is 35.9 Å². The monoisotopic (exact) mass is 248 g/mol. The Hall–Kier alpha value is -0.900. The molecule has 1 aliphatic heterocycles. The van der Waals surface area contributed by atoms with Crippen LogP contribution < -0.4 is 5.32 Å². The summed E-state index contributed by atoms with van der Waals surface area (Å²) in [6, 6.07) is 11.1. The average molecular weight is 248 g/mol. The van der Waals surface area contributed by atoms with Gasteiger partial charge in [0.25, 0.3) is 0 Å². The largest absolute Gasteiger partial charge is 0.395 e.